The van der Waals surface area contributed by atoms with Crippen molar-refractivity contribution < 1.29 is 13.5 Å². The third-order valence-electron chi connectivity index (χ3n) is 3.53. The fraction of sp³-hybridized carbons (Fsp3) is 0.500. The molecule has 1 aromatic carbocycles. The van der Waals surface area contributed by atoms with Crippen molar-refractivity contribution in [3.8, 4) is 0 Å². The maximum Gasteiger partial charge on any atom is 0.238 e. The molecule has 2 atom stereocenters. The van der Waals surface area contributed by atoms with Gasteiger partial charge in [-0.3, -0.25) is 0 Å². The smallest absolute Gasteiger partial charge is 0.238 e. The van der Waals surface area contributed by atoms with Crippen molar-refractivity contribution in [2.75, 3.05) is 17.6 Å². The van der Waals surface area contributed by atoms with Crippen LogP contribution in [0.25, 0.3) is 0 Å². The molecule has 0 aromatic heterocycles. The zero-order valence-electron chi connectivity index (χ0n) is 10.5. The van der Waals surface area contributed by atoms with Crippen LogP contribution in [0.2, 0.25) is 0 Å². The zero-order chi connectivity index (χ0) is 14.0. The van der Waals surface area contributed by atoms with Gasteiger partial charge in [0.05, 0.1) is 22.4 Å². The number of nitrogens with one attached hydrogen (secondary N) is 1. The molecule has 0 amide bonds. The third kappa shape index (κ3) is 3.37. The van der Waals surface area contributed by atoms with Crippen LogP contribution in [0, 0.1) is 5.92 Å². The number of anilines is 2. The molecule has 1 aliphatic rings. The van der Waals surface area contributed by atoms with E-state index in [4.69, 9.17) is 10.9 Å². The van der Waals surface area contributed by atoms with Crippen LogP contribution in [0.4, 0.5) is 11.4 Å². The molecule has 0 spiro atoms. The van der Waals surface area contributed by atoms with Gasteiger partial charge in [-0.15, -0.1) is 0 Å². The Morgan fingerprint density at radius 1 is 1.37 bits per heavy atom. The summed E-state index contributed by atoms with van der Waals surface area (Å²) in [5.41, 5.74) is 6.78. The van der Waals surface area contributed by atoms with Gasteiger partial charge < -0.3 is 16.2 Å². The van der Waals surface area contributed by atoms with Gasteiger partial charge in [-0.1, -0.05) is 6.42 Å². The first-order chi connectivity index (χ1) is 8.88. The van der Waals surface area contributed by atoms with Crippen LogP contribution in [-0.2, 0) is 10.0 Å². The lowest BCUT2D eigenvalue weighted by molar-refractivity contribution is 0.138. The van der Waals surface area contributed by atoms with Crippen LogP contribution in [0.15, 0.2) is 23.1 Å². The monoisotopic (exact) mass is 285 g/mol. The van der Waals surface area contributed by atoms with E-state index < -0.39 is 10.0 Å². The second-order valence-corrected chi connectivity index (χ2v) is 6.49. The van der Waals surface area contributed by atoms with E-state index in [0.717, 1.165) is 19.3 Å². The summed E-state index contributed by atoms with van der Waals surface area (Å²) < 4.78 is 22.6. The van der Waals surface area contributed by atoms with Crippen LogP contribution in [0.5, 0.6) is 0 Å². The highest BCUT2D eigenvalue weighted by Gasteiger charge is 2.25. The SMILES string of the molecule is Nc1ccc(S(N)(=O)=O)cc1NCC1CCCC1O. The topological polar surface area (TPSA) is 118 Å². The highest BCUT2D eigenvalue weighted by atomic mass is 32.2. The maximum atomic E-state index is 11.3. The number of nitrogens with two attached hydrogens (primary N) is 2. The Kier molecular flexibility index (Phi) is 3.98. The summed E-state index contributed by atoms with van der Waals surface area (Å²) >= 11 is 0. The molecule has 0 saturated heterocycles. The molecule has 0 radical (unpaired) electrons. The van der Waals surface area contributed by atoms with E-state index in [1.54, 1.807) is 0 Å². The van der Waals surface area contributed by atoms with E-state index in [1.165, 1.54) is 18.2 Å². The molecule has 6 nitrogen and oxygen atoms in total. The van der Waals surface area contributed by atoms with Crippen molar-refractivity contribution in [1.82, 2.24) is 0 Å². The first-order valence-electron chi connectivity index (χ1n) is 6.22. The number of rotatable bonds is 4. The summed E-state index contributed by atoms with van der Waals surface area (Å²) in [7, 11) is -3.74. The van der Waals surface area contributed by atoms with Gasteiger partial charge in [0.1, 0.15) is 0 Å². The Morgan fingerprint density at radius 2 is 2.11 bits per heavy atom. The maximum absolute atomic E-state index is 11.3. The van der Waals surface area contributed by atoms with Crippen molar-refractivity contribution >= 4 is 21.4 Å². The number of sulfonamides is 1. The molecule has 2 unspecified atom stereocenters. The normalized spacial score (nSPS) is 23.5. The summed E-state index contributed by atoms with van der Waals surface area (Å²) in [4.78, 5) is 0.0242. The fourth-order valence-electron chi connectivity index (χ4n) is 2.36. The number of nitrogen functional groups attached to an aromatic ring is 1. The van der Waals surface area contributed by atoms with Gasteiger partial charge in [-0.25, -0.2) is 13.6 Å². The number of hydrogen-bond donors (Lipinski definition) is 4. The minimum atomic E-state index is -3.74. The molecule has 0 aliphatic heterocycles. The van der Waals surface area contributed by atoms with E-state index in [-0.39, 0.29) is 16.9 Å². The summed E-state index contributed by atoms with van der Waals surface area (Å²) in [5, 5.41) is 17.9. The van der Waals surface area contributed by atoms with Gasteiger partial charge in [-0.2, -0.15) is 0 Å². The summed E-state index contributed by atoms with van der Waals surface area (Å²) in [5.74, 6) is 0.178. The average molecular weight is 285 g/mol. The first-order valence-corrected chi connectivity index (χ1v) is 7.77. The third-order valence-corrected chi connectivity index (χ3v) is 4.44. The Bertz CT molecular complexity index is 559. The van der Waals surface area contributed by atoms with Crippen LogP contribution < -0.4 is 16.2 Å². The highest BCUT2D eigenvalue weighted by Crippen LogP contribution is 2.27. The summed E-state index contributed by atoms with van der Waals surface area (Å²) in [6, 6.07) is 4.30. The molecule has 106 valence electrons. The molecular formula is C12H19N3O3S. The number of aliphatic hydroxyl groups excluding tert-OH is 1. The molecule has 1 fully saturated rings. The summed E-state index contributed by atoms with van der Waals surface area (Å²) in [6.45, 7) is 0.569. The zero-order valence-corrected chi connectivity index (χ0v) is 11.4. The van der Waals surface area contributed by atoms with Gasteiger partial charge in [-0.05, 0) is 31.0 Å². The molecule has 7 heteroatoms. The van der Waals surface area contributed by atoms with Crippen molar-refractivity contribution in [3.05, 3.63) is 18.2 Å². The molecule has 0 heterocycles. The van der Waals surface area contributed by atoms with E-state index in [9.17, 15) is 13.5 Å². The standard InChI is InChI=1S/C12H19N3O3S/c13-10-5-4-9(19(14,17)18)6-11(10)15-7-8-2-1-3-12(8)16/h4-6,8,12,15-16H,1-3,7,13H2,(H2,14,17,18). The molecule has 1 aromatic rings. The number of primary sulfonamides is 1. The molecule has 1 aliphatic carbocycles. The second-order valence-electron chi connectivity index (χ2n) is 4.93. The highest BCUT2D eigenvalue weighted by molar-refractivity contribution is 7.89. The molecule has 1 saturated carbocycles. The molecule has 0 bridgehead atoms. The number of benzene rings is 1. The van der Waals surface area contributed by atoms with Crippen LogP contribution in [0.1, 0.15) is 19.3 Å². The van der Waals surface area contributed by atoms with Crippen LogP contribution >= 0.6 is 0 Å². The van der Waals surface area contributed by atoms with Crippen molar-refractivity contribution in [2.45, 2.75) is 30.3 Å². The Hall–Kier alpha value is -1.31. The summed E-state index contributed by atoms with van der Waals surface area (Å²) in [6.07, 6.45) is 2.50. The van der Waals surface area contributed by atoms with Gasteiger partial charge in [0.25, 0.3) is 0 Å². The minimum absolute atomic E-state index is 0.0242. The second kappa shape index (κ2) is 5.36. The van der Waals surface area contributed by atoms with E-state index in [0.29, 0.717) is 17.9 Å². The quantitative estimate of drug-likeness (QED) is 0.600. The molecule has 19 heavy (non-hydrogen) atoms. The van der Waals surface area contributed by atoms with Gasteiger partial charge in [0.2, 0.25) is 10.0 Å². The predicted octanol–water partition coefficient (Wildman–Crippen LogP) is 0.489. The Morgan fingerprint density at radius 3 is 2.68 bits per heavy atom. The van der Waals surface area contributed by atoms with Crippen molar-refractivity contribution in [3.63, 3.8) is 0 Å². The lowest BCUT2D eigenvalue weighted by atomic mass is 10.1. The van der Waals surface area contributed by atoms with Crippen LogP contribution in [-0.4, -0.2) is 26.2 Å². The van der Waals surface area contributed by atoms with E-state index in [2.05, 4.69) is 5.32 Å². The molecule has 2 rings (SSSR count). The lowest BCUT2D eigenvalue weighted by Gasteiger charge is -2.17. The number of aliphatic hydroxyl groups is 1. The molecule has 6 N–H and O–H groups in total. The Balaban J connectivity index is 2.11. The fourth-order valence-corrected chi connectivity index (χ4v) is 2.90. The van der Waals surface area contributed by atoms with Gasteiger partial charge in [0.15, 0.2) is 0 Å². The van der Waals surface area contributed by atoms with Crippen LogP contribution in [0.3, 0.4) is 0 Å². The van der Waals surface area contributed by atoms with Gasteiger partial charge >= 0.3 is 0 Å². The molecular weight excluding hydrogens is 266 g/mol. The van der Waals surface area contributed by atoms with Crippen molar-refractivity contribution in [2.24, 2.45) is 11.1 Å². The Labute approximate surface area is 112 Å². The average Bonchev–Trinajstić information content (AvgIpc) is 2.72. The predicted molar refractivity (Wildman–Crippen MR) is 74.1 cm³/mol. The van der Waals surface area contributed by atoms with E-state index >= 15 is 0 Å². The minimum Gasteiger partial charge on any atom is -0.397 e. The van der Waals surface area contributed by atoms with Gasteiger partial charge in [0, 0.05) is 12.5 Å². The first kappa shape index (κ1) is 14.1. The van der Waals surface area contributed by atoms with Crippen molar-refractivity contribution in [1.29, 1.82) is 0 Å². The number of hydrogen-bond acceptors (Lipinski definition) is 5. The van der Waals surface area contributed by atoms with E-state index in [1.807, 2.05) is 0 Å². The lowest BCUT2D eigenvalue weighted by Crippen LogP contribution is -2.22. The largest absolute Gasteiger partial charge is 0.397 e.